The lowest BCUT2D eigenvalue weighted by Crippen LogP contribution is -2.23. The molecule has 1 aromatic carbocycles. The molecular weight excluding hydrogens is 239 g/mol. The van der Waals surface area contributed by atoms with Gasteiger partial charge in [-0.15, -0.1) is 0 Å². The Labute approximate surface area is 108 Å². The third kappa shape index (κ3) is 4.24. The Hall–Kier alpha value is -1.19. The molecule has 0 heterocycles. The maximum absolute atomic E-state index is 12.5. The van der Waals surface area contributed by atoms with Gasteiger partial charge >= 0.3 is 6.18 Å². The van der Waals surface area contributed by atoms with Crippen molar-refractivity contribution < 1.29 is 13.2 Å². The minimum atomic E-state index is -4.26. The number of rotatable bonds is 3. The highest BCUT2D eigenvalue weighted by atomic mass is 19.4. The molecule has 0 aliphatic carbocycles. The van der Waals surface area contributed by atoms with E-state index in [2.05, 4.69) is 0 Å². The summed E-state index contributed by atoms with van der Waals surface area (Å²) in [5.74, 6) is 0. The van der Waals surface area contributed by atoms with Gasteiger partial charge in [-0.05, 0) is 44.5 Å². The van der Waals surface area contributed by atoms with Gasteiger partial charge in [0.2, 0.25) is 0 Å². The van der Waals surface area contributed by atoms with Crippen molar-refractivity contribution in [1.29, 1.82) is 0 Å². The number of benzene rings is 1. The maximum atomic E-state index is 12.5. The van der Waals surface area contributed by atoms with Crippen LogP contribution in [0.15, 0.2) is 18.2 Å². The fraction of sp³-hybridized carbons (Fsp3) is 0.571. The van der Waals surface area contributed by atoms with E-state index >= 15 is 0 Å². The van der Waals surface area contributed by atoms with Gasteiger partial charge in [0.15, 0.2) is 0 Å². The molecule has 104 valence electrons. The summed E-state index contributed by atoms with van der Waals surface area (Å²) in [4.78, 5) is 2.04. The maximum Gasteiger partial charge on any atom is 0.416 e. The topological polar surface area (TPSA) is 3.24 Å². The predicted octanol–water partition coefficient (Wildman–Crippen LogP) is 4.89. The van der Waals surface area contributed by atoms with E-state index in [0.29, 0.717) is 5.56 Å². The van der Waals surface area contributed by atoms with Crippen LogP contribution in [0.4, 0.5) is 18.9 Å². The van der Waals surface area contributed by atoms with Crippen LogP contribution in [0, 0.1) is 6.92 Å². The molecule has 18 heavy (non-hydrogen) atoms. The zero-order chi connectivity index (χ0) is 14.3. The summed E-state index contributed by atoms with van der Waals surface area (Å²) in [6, 6.07) is 3.89. The van der Waals surface area contributed by atoms with Crippen LogP contribution in [-0.4, -0.2) is 13.1 Å². The van der Waals surface area contributed by atoms with Crippen molar-refractivity contribution in [3.05, 3.63) is 29.3 Å². The summed E-state index contributed by atoms with van der Waals surface area (Å²) < 4.78 is 37.4. The first-order valence-electron chi connectivity index (χ1n) is 6.33. The summed E-state index contributed by atoms with van der Waals surface area (Å²) in [6.07, 6.45) is -4.26. The number of anilines is 1. The molecule has 0 atom stereocenters. The van der Waals surface area contributed by atoms with E-state index in [-0.39, 0.29) is 0 Å². The minimum Gasteiger partial charge on any atom is -0.372 e. The van der Waals surface area contributed by atoms with E-state index in [1.165, 1.54) is 6.07 Å². The number of hydrogen-bond acceptors (Lipinski definition) is 1. The molecule has 1 rings (SSSR count). The Morgan fingerprint density at radius 2 is 1.56 bits per heavy atom. The van der Waals surface area contributed by atoms with Gasteiger partial charge < -0.3 is 4.90 Å². The fourth-order valence-corrected chi connectivity index (χ4v) is 1.75. The zero-order valence-electron chi connectivity index (χ0n) is 11.7. The second kappa shape index (κ2) is 7.29. The minimum absolute atomic E-state index is 0.582. The van der Waals surface area contributed by atoms with Crippen LogP contribution in [0.25, 0.3) is 0 Å². The van der Waals surface area contributed by atoms with Gasteiger partial charge in [0, 0.05) is 18.8 Å². The fourth-order valence-electron chi connectivity index (χ4n) is 1.75. The van der Waals surface area contributed by atoms with Crippen LogP contribution in [-0.2, 0) is 6.18 Å². The Balaban J connectivity index is 0.00000137. The third-order valence-corrected chi connectivity index (χ3v) is 2.63. The molecule has 4 heteroatoms. The van der Waals surface area contributed by atoms with Gasteiger partial charge in [0.25, 0.3) is 0 Å². The SMILES string of the molecule is CC.CCN(CC)c1ccc(C(F)(F)F)cc1C. The van der Waals surface area contributed by atoms with Gasteiger partial charge in [0.1, 0.15) is 0 Å². The highest BCUT2D eigenvalue weighted by Crippen LogP contribution is 2.32. The third-order valence-electron chi connectivity index (χ3n) is 2.63. The van der Waals surface area contributed by atoms with E-state index < -0.39 is 11.7 Å². The molecule has 0 saturated carbocycles. The zero-order valence-corrected chi connectivity index (χ0v) is 11.7. The number of hydrogen-bond donors (Lipinski definition) is 0. The Morgan fingerprint density at radius 3 is 1.89 bits per heavy atom. The lowest BCUT2D eigenvalue weighted by atomic mass is 10.1. The van der Waals surface area contributed by atoms with E-state index in [9.17, 15) is 13.2 Å². The molecular formula is C14H22F3N. The number of alkyl halides is 3. The highest BCUT2D eigenvalue weighted by molar-refractivity contribution is 5.54. The van der Waals surface area contributed by atoms with Crippen LogP contribution in [0.3, 0.4) is 0 Å². The van der Waals surface area contributed by atoms with Gasteiger partial charge in [-0.1, -0.05) is 13.8 Å². The van der Waals surface area contributed by atoms with E-state index in [4.69, 9.17) is 0 Å². The van der Waals surface area contributed by atoms with Gasteiger partial charge in [-0.25, -0.2) is 0 Å². The first-order valence-corrected chi connectivity index (χ1v) is 6.33. The summed E-state index contributed by atoms with van der Waals surface area (Å²) in [5, 5.41) is 0. The number of halogens is 3. The van der Waals surface area contributed by atoms with Gasteiger partial charge in [-0.2, -0.15) is 13.2 Å². The molecule has 0 spiro atoms. The Bertz CT molecular complexity index is 355. The van der Waals surface area contributed by atoms with E-state index in [0.717, 1.165) is 24.8 Å². The number of aryl methyl sites for hydroxylation is 1. The Kier molecular flexibility index (Phi) is 6.81. The average molecular weight is 261 g/mol. The lowest BCUT2D eigenvalue weighted by Gasteiger charge is -2.23. The van der Waals surface area contributed by atoms with Crippen LogP contribution >= 0.6 is 0 Å². The molecule has 0 unspecified atom stereocenters. The van der Waals surface area contributed by atoms with Crippen molar-refractivity contribution in [2.24, 2.45) is 0 Å². The summed E-state index contributed by atoms with van der Waals surface area (Å²) in [7, 11) is 0. The average Bonchev–Trinajstić information content (AvgIpc) is 2.34. The molecule has 0 radical (unpaired) electrons. The normalized spacial score (nSPS) is 10.7. The Morgan fingerprint density at radius 1 is 1.06 bits per heavy atom. The summed E-state index contributed by atoms with van der Waals surface area (Å²) >= 11 is 0. The van der Waals surface area contributed by atoms with Crippen LogP contribution in [0.1, 0.15) is 38.8 Å². The second-order valence-electron chi connectivity index (χ2n) is 3.67. The van der Waals surface area contributed by atoms with Crippen molar-refractivity contribution >= 4 is 5.69 Å². The van der Waals surface area contributed by atoms with Crippen LogP contribution < -0.4 is 4.90 Å². The molecule has 0 aromatic heterocycles. The van der Waals surface area contributed by atoms with Crippen molar-refractivity contribution in [2.45, 2.75) is 40.8 Å². The van der Waals surface area contributed by atoms with Crippen molar-refractivity contribution in [1.82, 2.24) is 0 Å². The van der Waals surface area contributed by atoms with Crippen LogP contribution in [0.5, 0.6) is 0 Å². The van der Waals surface area contributed by atoms with Gasteiger partial charge in [0.05, 0.1) is 5.56 Å². The molecule has 1 nitrogen and oxygen atoms in total. The summed E-state index contributed by atoms with van der Waals surface area (Å²) in [6.45, 7) is 11.3. The molecule has 0 aliphatic heterocycles. The monoisotopic (exact) mass is 261 g/mol. The highest BCUT2D eigenvalue weighted by Gasteiger charge is 2.30. The predicted molar refractivity (Wildman–Crippen MR) is 71.1 cm³/mol. The lowest BCUT2D eigenvalue weighted by molar-refractivity contribution is -0.137. The van der Waals surface area contributed by atoms with E-state index in [1.807, 2.05) is 32.6 Å². The molecule has 0 fully saturated rings. The number of nitrogens with zero attached hydrogens (tertiary/aromatic N) is 1. The second-order valence-corrected chi connectivity index (χ2v) is 3.67. The summed E-state index contributed by atoms with van der Waals surface area (Å²) in [5.41, 5.74) is 0.956. The first-order chi connectivity index (χ1) is 8.40. The molecule has 0 aliphatic rings. The first kappa shape index (κ1) is 16.8. The molecule has 0 amide bonds. The molecule has 1 aromatic rings. The largest absolute Gasteiger partial charge is 0.416 e. The van der Waals surface area contributed by atoms with Crippen LogP contribution in [0.2, 0.25) is 0 Å². The van der Waals surface area contributed by atoms with E-state index in [1.54, 1.807) is 13.0 Å². The standard InChI is InChI=1S/C12H16F3N.C2H6/c1-4-16(5-2)11-7-6-10(8-9(11)3)12(13,14)15;1-2/h6-8H,4-5H2,1-3H3;1-2H3. The van der Waals surface area contributed by atoms with Crippen molar-refractivity contribution in [3.8, 4) is 0 Å². The molecule has 0 N–H and O–H groups in total. The quantitative estimate of drug-likeness (QED) is 0.749. The van der Waals surface area contributed by atoms with Gasteiger partial charge in [-0.3, -0.25) is 0 Å². The van der Waals surface area contributed by atoms with Crippen molar-refractivity contribution in [3.63, 3.8) is 0 Å². The molecule has 0 bridgehead atoms. The smallest absolute Gasteiger partial charge is 0.372 e. The molecule has 0 saturated heterocycles. The van der Waals surface area contributed by atoms with Crippen molar-refractivity contribution in [2.75, 3.05) is 18.0 Å².